The number of anilines is 1. The van der Waals surface area contributed by atoms with Gasteiger partial charge in [0, 0.05) is 48.5 Å². The second-order valence-corrected chi connectivity index (χ2v) is 7.72. The molecule has 0 saturated heterocycles. The molecule has 12 heteroatoms. The Morgan fingerprint density at radius 2 is 1.79 bits per heavy atom. The summed E-state index contributed by atoms with van der Waals surface area (Å²) in [5.74, 6) is -1.63. The predicted octanol–water partition coefficient (Wildman–Crippen LogP) is 3.30. The van der Waals surface area contributed by atoms with Crippen LogP contribution in [0, 0.1) is 13.8 Å². The number of hydrogen-bond acceptors (Lipinski definition) is 6. The zero-order valence-corrected chi connectivity index (χ0v) is 18.5. The largest absolute Gasteiger partial charge is 0.453 e. The van der Waals surface area contributed by atoms with E-state index in [0.717, 1.165) is 4.52 Å². The van der Waals surface area contributed by atoms with Gasteiger partial charge in [0.25, 0.3) is 11.6 Å². The van der Waals surface area contributed by atoms with Gasteiger partial charge in [0.05, 0.1) is 0 Å². The van der Waals surface area contributed by atoms with Gasteiger partial charge in [-0.2, -0.15) is 18.2 Å². The van der Waals surface area contributed by atoms with Crippen LogP contribution in [0.25, 0.3) is 5.78 Å². The molecule has 176 valence electrons. The number of benzene rings is 1. The molecule has 1 amide bonds. The number of ketones is 1. The van der Waals surface area contributed by atoms with E-state index in [1.165, 1.54) is 6.20 Å². The number of imidazole rings is 1. The van der Waals surface area contributed by atoms with E-state index in [0.29, 0.717) is 34.0 Å². The standard InChI is InChI=1S/C22H20F3N7O2/c1-12-16(13(2)32-21(27-12)29-20(30-32)22(23,24)25)8-9-17(33)28-15-6-4-14(5-7-15)18(34)19-26-10-11-31(19)3/h4-7,10-11H,8-9H2,1-3H3,(H,28,33). The summed E-state index contributed by atoms with van der Waals surface area (Å²) in [6, 6.07) is 6.43. The molecule has 0 saturated carbocycles. The van der Waals surface area contributed by atoms with Crippen LogP contribution in [0.3, 0.4) is 0 Å². The molecule has 3 heterocycles. The Morgan fingerprint density at radius 3 is 2.41 bits per heavy atom. The molecule has 0 fully saturated rings. The third-order valence-corrected chi connectivity index (χ3v) is 5.36. The molecule has 1 aromatic carbocycles. The Morgan fingerprint density at radius 1 is 1.09 bits per heavy atom. The van der Waals surface area contributed by atoms with Crippen LogP contribution in [-0.2, 0) is 24.4 Å². The van der Waals surface area contributed by atoms with Gasteiger partial charge in [-0.15, -0.1) is 5.10 Å². The summed E-state index contributed by atoms with van der Waals surface area (Å²) in [6.07, 6.45) is -1.13. The lowest BCUT2D eigenvalue weighted by atomic mass is 10.1. The highest BCUT2D eigenvalue weighted by Gasteiger charge is 2.37. The molecule has 9 nitrogen and oxygen atoms in total. The zero-order valence-electron chi connectivity index (χ0n) is 18.5. The van der Waals surface area contributed by atoms with E-state index in [1.54, 1.807) is 55.9 Å². The summed E-state index contributed by atoms with van der Waals surface area (Å²) in [6.45, 7) is 3.26. The van der Waals surface area contributed by atoms with Gasteiger partial charge in [-0.1, -0.05) is 0 Å². The van der Waals surface area contributed by atoms with E-state index in [2.05, 4.69) is 25.4 Å². The van der Waals surface area contributed by atoms with Crippen molar-refractivity contribution in [3.05, 3.63) is 70.8 Å². The molecular weight excluding hydrogens is 451 g/mol. The van der Waals surface area contributed by atoms with E-state index >= 15 is 0 Å². The second-order valence-electron chi connectivity index (χ2n) is 7.72. The summed E-state index contributed by atoms with van der Waals surface area (Å²) < 4.78 is 41.5. The van der Waals surface area contributed by atoms with Crippen LogP contribution in [0.15, 0.2) is 36.7 Å². The first-order valence-corrected chi connectivity index (χ1v) is 10.3. The fourth-order valence-corrected chi connectivity index (χ4v) is 3.57. The van der Waals surface area contributed by atoms with Gasteiger partial charge in [-0.25, -0.2) is 14.5 Å². The minimum absolute atomic E-state index is 0.0731. The maximum absolute atomic E-state index is 12.9. The molecule has 4 rings (SSSR count). The van der Waals surface area contributed by atoms with Crippen LogP contribution >= 0.6 is 0 Å². The molecule has 1 N–H and O–H groups in total. The minimum Gasteiger partial charge on any atom is -0.331 e. The number of rotatable bonds is 6. The summed E-state index contributed by atoms with van der Waals surface area (Å²) in [4.78, 5) is 36.5. The van der Waals surface area contributed by atoms with E-state index in [-0.39, 0.29) is 30.3 Å². The molecule has 0 aliphatic rings. The molecule has 0 atom stereocenters. The number of carbonyl (C=O) groups is 2. The molecule has 34 heavy (non-hydrogen) atoms. The second kappa shape index (κ2) is 8.69. The van der Waals surface area contributed by atoms with Gasteiger partial charge in [-0.05, 0) is 50.1 Å². The van der Waals surface area contributed by atoms with Gasteiger partial charge < -0.3 is 9.88 Å². The van der Waals surface area contributed by atoms with Gasteiger partial charge in [0.15, 0.2) is 5.82 Å². The topological polar surface area (TPSA) is 107 Å². The van der Waals surface area contributed by atoms with Gasteiger partial charge in [0.1, 0.15) is 0 Å². The average molecular weight is 471 g/mol. The van der Waals surface area contributed by atoms with Crippen molar-refractivity contribution in [3.63, 3.8) is 0 Å². The van der Waals surface area contributed by atoms with E-state index in [4.69, 9.17) is 0 Å². The first-order chi connectivity index (χ1) is 16.0. The number of hydrogen-bond donors (Lipinski definition) is 1. The van der Waals surface area contributed by atoms with Crippen LogP contribution in [0.1, 0.15) is 45.4 Å². The minimum atomic E-state index is -4.67. The molecule has 0 bridgehead atoms. The summed E-state index contributed by atoms with van der Waals surface area (Å²) in [5.41, 5.74) is 2.49. The van der Waals surface area contributed by atoms with Crippen molar-refractivity contribution in [1.82, 2.24) is 29.1 Å². The third-order valence-electron chi connectivity index (χ3n) is 5.36. The highest BCUT2D eigenvalue weighted by Crippen LogP contribution is 2.27. The Kier molecular flexibility index (Phi) is 5.90. The van der Waals surface area contributed by atoms with Crippen LogP contribution in [-0.4, -0.2) is 40.8 Å². The van der Waals surface area contributed by atoms with Gasteiger partial charge in [0.2, 0.25) is 11.7 Å². The van der Waals surface area contributed by atoms with Crippen LogP contribution < -0.4 is 5.32 Å². The molecule has 0 spiro atoms. The monoisotopic (exact) mass is 471 g/mol. The maximum atomic E-state index is 12.9. The lowest BCUT2D eigenvalue weighted by Gasteiger charge is -2.11. The smallest absolute Gasteiger partial charge is 0.331 e. The normalized spacial score (nSPS) is 11.7. The number of aryl methyl sites for hydroxylation is 3. The van der Waals surface area contributed by atoms with E-state index in [9.17, 15) is 22.8 Å². The lowest BCUT2D eigenvalue weighted by Crippen LogP contribution is -2.15. The number of alkyl halides is 3. The van der Waals surface area contributed by atoms with Crippen LogP contribution in [0.4, 0.5) is 18.9 Å². The average Bonchev–Trinajstić information content (AvgIpc) is 3.40. The Labute approximate surface area is 191 Å². The van der Waals surface area contributed by atoms with Crippen molar-refractivity contribution < 1.29 is 22.8 Å². The number of nitrogens with zero attached hydrogens (tertiary/aromatic N) is 6. The maximum Gasteiger partial charge on any atom is 0.453 e. The summed E-state index contributed by atoms with van der Waals surface area (Å²) >= 11 is 0. The Hall–Kier alpha value is -4.09. The molecule has 0 unspecified atom stereocenters. The lowest BCUT2D eigenvalue weighted by molar-refractivity contribution is -0.144. The SMILES string of the molecule is Cc1nc2nc(C(F)(F)F)nn2c(C)c1CCC(=O)Nc1ccc(C(=O)c2nccn2C)cc1. The number of carbonyl (C=O) groups excluding carboxylic acids is 2. The predicted molar refractivity (Wildman–Crippen MR) is 115 cm³/mol. The number of halogens is 3. The number of nitrogens with one attached hydrogen (secondary N) is 1. The summed E-state index contributed by atoms with van der Waals surface area (Å²) in [7, 11) is 1.73. The fourth-order valence-electron chi connectivity index (χ4n) is 3.57. The number of aromatic nitrogens is 6. The molecule has 3 aromatic heterocycles. The van der Waals surface area contributed by atoms with Crippen molar-refractivity contribution in [2.75, 3.05) is 5.32 Å². The first-order valence-electron chi connectivity index (χ1n) is 10.3. The Balaban J connectivity index is 1.43. The van der Waals surface area contributed by atoms with Crippen molar-refractivity contribution in [2.45, 2.75) is 32.9 Å². The highest BCUT2D eigenvalue weighted by atomic mass is 19.4. The van der Waals surface area contributed by atoms with Gasteiger partial charge in [-0.3, -0.25) is 9.59 Å². The molecule has 0 radical (unpaired) electrons. The fraction of sp³-hybridized carbons (Fsp3) is 0.273. The van der Waals surface area contributed by atoms with E-state index in [1.807, 2.05) is 0 Å². The molecule has 0 aliphatic carbocycles. The van der Waals surface area contributed by atoms with Gasteiger partial charge >= 0.3 is 6.18 Å². The number of amides is 1. The van der Waals surface area contributed by atoms with Crippen molar-refractivity contribution in [2.24, 2.45) is 7.05 Å². The quantitative estimate of drug-likeness (QED) is 0.433. The van der Waals surface area contributed by atoms with Crippen molar-refractivity contribution >= 4 is 23.2 Å². The van der Waals surface area contributed by atoms with Crippen molar-refractivity contribution in [3.8, 4) is 0 Å². The number of fused-ring (bicyclic) bond motifs is 1. The molecule has 4 aromatic rings. The zero-order chi connectivity index (χ0) is 24.6. The first kappa shape index (κ1) is 23.1. The third kappa shape index (κ3) is 4.51. The molecule has 0 aliphatic heterocycles. The molecular formula is C22H20F3N7O2. The summed E-state index contributed by atoms with van der Waals surface area (Å²) in [5, 5.41) is 6.26. The van der Waals surface area contributed by atoms with Crippen molar-refractivity contribution in [1.29, 1.82) is 0 Å². The van der Waals surface area contributed by atoms with E-state index < -0.39 is 12.0 Å². The highest BCUT2D eigenvalue weighted by molar-refractivity contribution is 6.07. The Bertz CT molecular complexity index is 1390. The van der Waals surface area contributed by atoms with Crippen LogP contribution in [0.2, 0.25) is 0 Å². The van der Waals surface area contributed by atoms with Crippen LogP contribution in [0.5, 0.6) is 0 Å².